The van der Waals surface area contributed by atoms with Gasteiger partial charge in [-0.3, -0.25) is 4.79 Å². The topological polar surface area (TPSA) is 72.9 Å². The quantitative estimate of drug-likeness (QED) is 0.455. The summed E-state index contributed by atoms with van der Waals surface area (Å²) in [4.78, 5) is 39.3. The highest BCUT2D eigenvalue weighted by Gasteiger charge is 2.44. The van der Waals surface area contributed by atoms with Crippen molar-refractivity contribution >= 4 is 23.5 Å². The lowest BCUT2D eigenvalue weighted by molar-refractivity contribution is -0.155. The summed E-state index contributed by atoms with van der Waals surface area (Å²) in [5.41, 5.74) is 2.11. The van der Waals surface area contributed by atoms with Gasteiger partial charge in [-0.15, -0.1) is 0 Å². The third-order valence-electron chi connectivity index (χ3n) is 5.55. The van der Waals surface area contributed by atoms with Gasteiger partial charge >= 0.3 is 11.9 Å². The number of anilines is 1. The minimum absolute atomic E-state index is 0.143. The maximum absolute atomic E-state index is 12.8. The summed E-state index contributed by atoms with van der Waals surface area (Å²) in [6.07, 6.45) is 0.236. The number of rotatable bonds is 4. The average Bonchev–Trinajstić information content (AvgIpc) is 2.79. The number of fused-ring (bicyclic) bond motifs is 1. The van der Waals surface area contributed by atoms with E-state index < -0.39 is 17.5 Å². The van der Waals surface area contributed by atoms with Crippen LogP contribution in [0.25, 0.3) is 0 Å². The molecule has 0 spiro atoms. The van der Waals surface area contributed by atoms with Crippen molar-refractivity contribution in [2.24, 2.45) is 0 Å². The number of nitrogens with zero attached hydrogens (tertiary/aromatic N) is 1. The Morgan fingerprint density at radius 2 is 1.62 bits per heavy atom. The number of hydrogen-bond donors (Lipinski definition) is 0. The molecule has 0 saturated heterocycles. The number of aryl methyl sites for hydroxylation is 1. The lowest BCUT2D eigenvalue weighted by Gasteiger charge is -2.32. The molecule has 32 heavy (non-hydrogen) atoms. The second-order valence-electron chi connectivity index (χ2n) is 8.07. The van der Waals surface area contributed by atoms with Gasteiger partial charge in [-0.1, -0.05) is 35.9 Å². The maximum Gasteiger partial charge on any atom is 0.356 e. The van der Waals surface area contributed by atoms with Gasteiger partial charge in [0.15, 0.2) is 0 Å². The van der Waals surface area contributed by atoms with Gasteiger partial charge in [0, 0.05) is 24.7 Å². The molecule has 162 valence electrons. The van der Waals surface area contributed by atoms with Crippen molar-refractivity contribution in [3.63, 3.8) is 0 Å². The number of amides is 1. The molecule has 0 radical (unpaired) electrons. The first-order valence-electron chi connectivity index (χ1n) is 10.3. The molecule has 3 aromatic rings. The first kappa shape index (κ1) is 21.3. The van der Waals surface area contributed by atoms with Crippen molar-refractivity contribution in [2.45, 2.75) is 25.9 Å². The molecule has 0 bridgehead atoms. The molecule has 0 saturated carbocycles. The fourth-order valence-electron chi connectivity index (χ4n) is 3.61. The zero-order chi connectivity index (χ0) is 22.9. The first-order chi connectivity index (χ1) is 15.3. The summed E-state index contributed by atoms with van der Waals surface area (Å²) in [7, 11) is 1.68. The minimum atomic E-state index is -1.41. The van der Waals surface area contributed by atoms with Crippen molar-refractivity contribution in [1.29, 1.82) is 0 Å². The summed E-state index contributed by atoms with van der Waals surface area (Å²) in [6, 6.07) is 21.0. The van der Waals surface area contributed by atoms with E-state index in [1.165, 1.54) is 4.90 Å². The van der Waals surface area contributed by atoms with E-state index in [1.807, 2.05) is 25.1 Å². The van der Waals surface area contributed by atoms with E-state index in [1.54, 1.807) is 68.6 Å². The molecule has 1 atom stereocenters. The highest BCUT2D eigenvalue weighted by atomic mass is 16.6. The Hall–Kier alpha value is -3.93. The highest BCUT2D eigenvalue weighted by Crippen LogP contribution is 2.30. The summed E-state index contributed by atoms with van der Waals surface area (Å²) >= 11 is 0. The van der Waals surface area contributed by atoms with E-state index in [2.05, 4.69) is 0 Å². The van der Waals surface area contributed by atoms with Crippen LogP contribution in [0, 0.1) is 6.92 Å². The van der Waals surface area contributed by atoms with Crippen LogP contribution in [0.5, 0.6) is 5.75 Å². The van der Waals surface area contributed by atoms with Crippen LogP contribution in [0.1, 0.15) is 38.8 Å². The molecule has 6 heteroatoms. The Labute approximate surface area is 186 Å². The molecule has 3 aromatic carbocycles. The second kappa shape index (κ2) is 8.30. The second-order valence-corrected chi connectivity index (χ2v) is 8.07. The van der Waals surface area contributed by atoms with Gasteiger partial charge in [0.1, 0.15) is 5.75 Å². The predicted molar refractivity (Wildman–Crippen MR) is 120 cm³/mol. The monoisotopic (exact) mass is 429 g/mol. The van der Waals surface area contributed by atoms with Crippen LogP contribution in [0.2, 0.25) is 0 Å². The number of benzene rings is 3. The van der Waals surface area contributed by atoms with Crippen LogP contribution in [0.15, 0.2) is 72.8 Å². The van der Waals surface area contributed by atoms with Crippen LogP contribution in [0.3, 0.4) is 0 Å². The van der Waals surface area contributed by atoms with E-state index >= 15 is 0 Å². The lowest BCUT2D eigenvalue weighted by atomic mass is 9.90. The number of carbonyl (C=O) groups excluding carboxylic acids is 3. The molecule has 1 unspecified atom stereocenters. The van der Waals surface area contributed by atoms with Crippen LogP contribution < -0.4 is 9.64 Å². The Morgan fingerprint density at radius 3 is 2.31 bits per heavy atom. The standard InChI is InChI=1S/C26H23NO5/c1-17-8-10-18(11-9-17)23(28)27(3)20-12-14-21(15-13-20)31-25(30)26(2)16-19-6-4-5-7-22(19)24(29)32-26/h4-15H,16H2,1-3H3. The van der Waals surface area contributed by atoms with E-state index in [-0.39, 0.29) is 12.3 Å². The lowest BCUT2D eigenvalue weighted by Crippen LogP contribution is -2.48. The molecule has 0 aliphatic carbocycles. The molecule has 0 fully saturated rings. The molecule has 4 rings (SSSR count). The third kappa shape index (κ3) is 4.12. The van der Waals surface area contributed by atoms with Gasteiger partial charge < -0.3 is 14.4 Å². The molecule has 1 amide bonds. The first-order valence-corrected chi connectivity index (χ1v) is 10.3. The fourth-order valence-corrected chi connectivity index (χ4v) is 3.61. The Morgan fingerprint density at radius 1 is 0.969 bits per heavy atom. The number of esters is 2. The fraction of sp³-hybridized carbons (Fsp3) is 0.192. The zero-order valence-electron chi connectivity index (χ0n) is 18.1. The number of carbonyl (C=O) groups is 3. The summed E-state index contributed by atoms with van der Waals surface area (Å²) in [5.74, 6) is -1.05. The summed E-state index contributed by atoms with van der Waals surface area (Å²) in [6.45, 7) is 3.51. The summed E-state index contributed by atoms with van der Waals surface area (Å²) < 4.78 is 10.9. The Bertz CT molecular complexity index is 1180. The third-order valence-corrected chi connectivity index (χ3v) is 5.55. The van der Waals surface area contributed by atoms with Gasteiger partial charge in [-0.2, -0.15) is 0 Å². The van der Waals surface area contributed by atoms with Crippen molar-refractivity contribution in [2.75, 3.05) is 11.9 Å². The van der Waals surface area contributed by atoms with Crippen molar-refractivity contribution in [3.05, 3.63) is 95.1 Å². The van der Waals surface area contributed by atoms with E-state index in [0.29, 0.717) is 22.6 Å². The van der Waals surface area contributed by atoms with Crippen molar-refractivity contribution in [1.82, 2.24) is 0 Å². The molecule has 0 N–H and O–H groups in total. The van der Waals surface area contributed by atoms with E-state index in [9.17, 15) is 14.4 Å². The number of ether oxygens (including phenoxy) is 2. The maximum atomic E-state index is 12.8. The minimum Gasteiger partial charge on any atom is -0.443 e. The molecule has 1 aliphatic rings. The smallest absolute Gasteiger partial charge is 0.356 e. The Balaban J connectivity index is 1.45. The number of hydrogen-bond acceptors (Lipinski definition) is 5. The van der Waals surface area contributed by atoms with Crippen LogP contribution in [0.4, 0.5) is 5.69 Å². The molecule has 0 aromatic heterocycles. The highest BCUT2D eigenvalue weighted by molar-refractivity contribution is 6.05. The molecular weight excluding hydrogens is 406 g/mol. The predicted octanol–water partition coefficient (Wildman–Crippen LogP) is 4.35. The van der Waals surface area contributed by atoms with Crippen molar-refractivity contribution in [3.8, 4) is 5.75 Å². The van der Waals surface area contributed by atoms with Crippen LogP contribution in [-0.2, 0) is 16.0 Å². The summed E-state index contributed by atoms with van der Waals surface area (Å²) in [5, 5.41) is 0. The van der Waals surface area contributed by atoms with Gasteiger partial charge in [-0.05, 0) is 61.9 Å². The average molecular weight is 429 g/mol. The largest absolute Gasteiger partial charge is 0.443 e. The Kier molecular flexibility index (Phi) is 5.53. The van der Waals surface area contributed by atoms with E-state index in [0.717, 1.165) is 11.1 Å². The van der Waals surface area contributed by atoms with Gasteiger partial charge in [-0.25, -0.2) is 9.59 Å². The molecular formula is C26H23NO5. The normalized spacial score (nSPS) is 17.2. The van der Waals surface area contributed by atoms with E-state index in [4.69, 9.17) is 9.47 Å². The van der Waals surface area contributed by atoms with Gasteiger partial charge in [0.25, 0.3) is 5.91 Å². The molecule has 6 nitrogen and oxygen atoms in total. The zero-order valence-corrected chi connectivity index (χ0v) is 18.1. The van der Waals surface area contributed by atoms with Gasteiger partial charge in [0.05, 0.1) is 5.56 Å². The van der Waals surface area contributed by atoms with Crippen LogP contribution >= 0.6 is 0 Å². The number of cyclic esters (lactones) is 1. The van der Waals surface area contributed by atoms with Gasteiger partial charge in [0.2, 0.25) is 5.60 Å². The van der Waals surface area contributed by atoms with Crippen molar-refractivity contribution < 1.29 is 23.9 Å². The van der Waals surface area contributed by atoms with Crippen LogP contribution in [-0.4, -0.2) is 30.5 Å². The molecule has 1 aliphatic heterocycles. The molecule has 1 heterocycles. The SMILES string of the molecule is Cc1ccc(C(=O)N(C)c2ccc(OC(=O)C3(C)Cc4ccccc4C(=O)O3)cc2)cc1.